The molecule has 24 heavy (non-hydrogen) atoms. The van der Waals surface area contributed by atoms with Crippen molar-refractivity contribution < 1.29 is 14.3 Å². The summed E-state index contributed by atoms with van der Waals surface area (Å²) >= 11 is 6.89. The van der Waals surface area contributed by atoms with Crippen molar-refractivity contribution in [2.24, 2.45) is 0 Å². The molecule has 1 N–H and O–H groups in total. The third kappa shape index (κ3) is 3.10. The molecule has 0 unspecified atom stereocenters. The first kappa shape index (κ1) is 16.4. The number of hydrogen-bond acceptors (Lipinski definition) is 6. The molecule has 3 heterocycles. The summed E-state index contributed by atoms with van der Waals surface area (Å²) in [4.78, 5) is 28.7. The second-order valence-electron chi connectivity index (χ2n) is 5.03. The van der Waals surface area contributed by atoms with E-state index in [-0.39, 0.29) is 12.4 Å². The van der Waals surface area contributed by atoms with E-state index in [1.54, 1.807) is 29.7 Å². The molecule has 0 fully saturated rings. The van der Waals surface area contributed by atoms with Crippen molar-refractivity contribution in [3.63, 3.8) is 0 Å². The van der Waals surface area contributed by atoms with Gasteiger partial charge in [0.2, 0.25) is 11.7 Å². The average molecular weight is 365 g/mol. The van der Waals surface area contributed by atoms with Crippen LogP contribution in [0.25, 0.3) is 5.95 Å². The van der Waals surface area contributed by atoms with Gasteiger partial charge in [-0.2, -0.15) is 10.1 Å². The quantitative estimate of drug-likeness (QED) is 0.555. The van der Waals surface area contributed by atoms with E-state index in [9.17, 15) is 9.59 Å². The van der Waals surface area contributed by atoms with Crippen LogP contribution < -0.4 is 0 Å². The summed E-state index contributed by atoms with van der Waals surface area (Å²) in [6, 6.07) is 4.90. The summed E-state index contributed by atoms with van der Waals surface area (Å²) in [5, 5.41) is 6.56. The molecular formula is C15H13ClN4O3S. The highest BCUT2D eigenvalue weighted by Crippen LogP contribution is 2.22. The molecule has 0 bridgehead atoms. The molecule has 9 heteroatoms. The van der Waals surface area contributed by atoms with Gasteiger partial charge in [-0.1, -0.05) is 11.6 Å². The zero-order valence-corrected chi connectivity index (χ0v) is 14.4. The normalized spacial score (nSPS) is 10.8. The number of Topliss-reactive ketones (excluding diaryl/α,β-unsaturated/α-hetero) is 1. The van der Waals surface area contributed by atoms with Gasteiger partial charge >= 0.3 is 5.97 Å². The molecule has 3 aromatic heterocycles. The van der Waals surface area contributed by atoms with E-state index >= 15 is 0 Å². The van der Waals surface area contributed by atoms with E-state index in [0.29, 0.717) is 26.4 Å². The molecule has 3 aromatic rings. The second kappa shape index (κ2) is 6.58. The number of aromatic amines is 1. The first-order valence-corrected chi connectivity index (χ1v) is 8.17. The molecule has 0 aliphatic heterocycles. The Labute approximate surface area is 146 Å². The van der Waals surface area contributed by atoms with E-state index in [0.717, 1.165) is 17.0 Å². The highest BCUT2D eigenvalue weighted by molar-refractivity contribution is 7.17. The number of carbonyl (C=O) groups excluding carboxylic acids is 2. The Balaban J connectivity index is 1.74. The van der Waals surface area contributed by atoms with Crippen LogP contribution in [0.2, 0.25) is 4.34 Å². The molecule has 3 rings (SSSR count). The largest absolute Gasteiger partial charge is 0.453 e. The van der Waals surface area contributed by atoms with E-state index in [4.69, 9.17) is 16.3 Å². The molecule has 0 aliphatic carbocycles. The van der Waals surface area contributed by atoms with Crippen molar-refractivity contribution in [3.05, 3.63) is 50.7 Å². The monoisotopic (exact) mass is 364 g/mol. The molecule has 7 nitrogen and oxygen atoms in total. The molecule has 124 valence electrons. The van der Waals surface area contributed by atoms with Crippen molar-refractivity contribution in [1.82, 2.24) is 19.7 Å². The number of esters is 1. The molecule has 0 saturated carbocycles. The van der Waals surface area contributed by atoms with Crippen molar-refractivity contribution in [1.29, 1.82) is 0 Å². The topological polar surface area (TPSA) is 89.9 Å². The van der Waals surface area contributed by atoms with Gasteiger partial charge in [0.1, 0.15) is 11.2 Å². The lowest BCUT2D eigenvalue weighted by atomic mass is 10.1. The summed E-state index contributed by atoms with van der Waals surface area (Å²) in [6.45, 7) is 3.31. The van der Waals surface area contributed by atoms with Crippen LogP contribution in [0.5, 0.6) is 0 Å². The lowest BCUT2D eigenvalue weighted by Crippen LogP contribution is -2.14. The fraction of sp³-hybridized carbons (Fsp3) is 0.200. The fourth-order valence-electron chi connectivity index (χ4n) is 2.38. The molecule has 0 aliphatic rings. The highest BCUT2D eigenvalue weighted by atomic mass is 35.5. The number of ether oxygens (including phenoxy) is 1. The Morgan fingerprint density at radius 1 is 1.38 bits per heavy atom. The first-order valence-electron chi connectivity index (χ1n) is 6.97. The Morgan fingerprint density at radius 2 is 2.17 bits per heavy atom. The average Bonchev–Trinajstić information content (AvgIpc) is 3.26. The molecule has 0 saturated heterocycles. The number of nitrogens with one attached hydrogen (secondary N) is 1. The summed E-state index contributed by atoms with van der Waals surface area (Å²) in [5.41, 5.74) is 1.99. The molecule has 0 spiro atoms. The smallest absolute Gasteiger partial charge is 0.348 e. The summed E-state index contributed by atoms with van der Waals surface area (Å²) in [7, 11) is 0. The summed E-state index contributed by atoms with van der Waals surface area (Å²) in [6.07, 6.45) is 1.39. The van der Waals surface area contributed by atoms with E-state index in [1.165, 1.54) is 6.33 Å². The van der Waals surface area contributed by atoms with Gasteiger partial charge in [-0.05, 0) is 32.0 Å². The van der Waals surface area contributed by atoms with Gasteiger partial charge in [-0.15, -0.1) is 11.3 Å². The van der Waals surface area contributed by atoms with Gasteiger partial charge in [0.25, 0.3) is 0 Å². The van der Waals surface area contributed by atoms with Crippen LogP contribution >= 0.6 is 22.9 Å². The van der Waals surface area contributed by atoms with Gasteiger partial charge in [0.05, 0.1) is 4.34 Å². The van der Waals surface area contributed by atoms with E-state index in [2.05, 4.69) is 15.2 Å². The predicted molar refractivity (Wildman–Crippen MR) is 89.1 cm³/mol. The number of thiophene rings is 1. The minimum atomic E-state index is -0.565. The maximum absolute atomic E-state index is 12.4. The molecule has 0 aromatic carbocycles. The minimum absolute atomic E-state index is 0.287. The van der Waals surface area contributed by atoms with E-state index in [1.807, 2.05) is 6.92 Å². The zero-order chi connectivity index (χ0) is 17.3. The molecular weight excluding hydrogens is 352 g/mol. The minimum Gasteiger partial charge on any atom is -0.453 e. The van der Waals surface area contributed by atoms with Crippen molar-refractivity contribution >= 4 is 34.7 Å². The number of aryl methyl sites for hydroxylation is 1. The maximum Gasteiger partial charge on any atom is 0.348 e. The van der Waals surface area contributed by atoms with Crippen molar-refractivity contribution in [3.8, 4) is 5.95 Å². The van der Waals surface area contributed by atoms with Crippen LogP contribution in [0.15, 0.2) is 24.5 Å². The standard InChI is InChI=1S/C15H13ClN4O3S/c1-8-5-10(9(2)20(8)15-17-7-18-19-15)11(21)6-23-14(22)12-3-4-13(16)24-12/h3-5,7H,6H2,1-2H3,(H,17,18,19). The van der Waals surface area contributed by atoms with Crippen molar-refractivity contribution in [2.45, 2.75) is 13.8 Å². The maximum atomic E-state index is 12.4. The summed E-state index contributed by atoms with van der Waals surface area (Å²) in [5.74, 6) is -0.330. The number of rotatable bonds is 5. The zero-order valence-electron chi connectivity index (χ0n) is 12.9. The second-order valence-corrected chi connectivity index (χ2v) is 6.75. The first-order chi connectivity index (χ1) is 11.5. The number of nitrogens with zero attached hydrogens (tertiary/aromatic N) is 3. The Hall–Kier alpha value is -2.45. The van der Waals surface area contributed by atoms with Gasteiger partial charge in [0, 0.05) is 17.0 Å². The number of H-pyrrole nitrogens is 1. The van der Waals surface area contributed by atoms with Crippen LogP contribution in [0.1, 0.15) is 31.4 Å². The third-order valence-electron chi connectivity index (χ3n) is 3.45. The van der Waals surface area contributed by atoms with Gasteiger partial charge in [0.15, 0.2) is 6.61 Å². The SMILES string of the molecule is Cc1cc(C(=O)COC(=O)c2ccc(Cl)s2)c(C)n1-c1ncn[nH]1. The Bertz CT molecular complexity index is 898. The van der Waals surface area contributed by atoms with Crippen LogP contribution in [0.4, 0.5) is 0 Å². The van der Waals surface area contributed by atoms with Crippen LogP contribution in [0, 0.1) is 13.8 Å². The van der Waals surface area contributed by atoms with Gasteiger partial charge in [-0.25, -0.2) is 9.89 Å². The van der Waals surface area contributed by atoms with Crippen LogP contribution in [-0.4, -0.2) is 38.1 Å². The predicted octanol–water partition coefficient (Wildman–Crippen LogP) is 2.97. The van der Waals surface area contributed by atoms with Crippen molar-refractivity contribution in [2.75, 3.05) is 6.61 Å². The lowest BCUT2D eigenvalue weighted by molar-refractivity contribution is 0.0479. The van der Waals surface area contributed by atoms with Gasteiger partial charge in [-0.3, -0.25) is 9.36 Å². The number of aromatic nitrogens is 4. The number of hydrogen-bond donors (Lipinski definition) is 1. The number of halogens is 1. The Morgan fingerprint density at radius 3 is 2.79 bits per heavy atom. The third-order valence-corrected chi connectivity index (χ3v) is 4.67. The molecule has 0 radical (unpaired) electrons. The number of carbonyl (C=O) groups is 2. The molecule has 0 amide bonds. The summed E-state index contributed by atoms with van der Waals surface area (Å²) < 4.78 is 7.34. The van der Waals surface area contributed by atoms with Crippen LogP contribution in [0.3, 0.4) is 0 Å². The molecule has 0 atom stereocenters. The van der Waals surface area contributed by atoms with Gasteiger partial charge < -0.3 is 4.74 Å². The van der Waals surface area contributed by atoms with E-state index < -0.39 is 5.97 Å². The lowest BCUT2D eigenvalue weighted by Gasteiger charge is -2.05. The fourth-order valence-corrected chi connectivity index (χ4v) is 3.32. The Kier molecular flexibility index (Phi) is 4.50. The van der Waals surface area contributed by atoms with Crippen LogP contribution in [-0.2, 0) is 4.74 Å². The highest BCUT2D eigenvalue weighted by Gasteiger charge is 2.20. The number of ketones is 1.